The average Bonchev–Trinajstić information content (AvgIpc) is 2.98. The van der Waals surface area contributed by atoms with Crippen LogP contribution in [0, 0.1) is 13.8 Å². The highest BCUT2D eigenvalue weighted by Crippen LogP contribution is 2.25. The summed E-state index contributed by atoms with van der Waals surface area (Å²) in [5.74, 6) is 1.06. The fraction of sp³-hybridized carbons (Fsp3) is 0.286. The summed E-state index contributed by atoms with van der Waals surface area (Å²) in [6, 6.07) is 12.1. The van der Waals surface area contributed by atoms with Gasteiger partial charge in [-0.25, -0.2) is 0 Å². The smallest absolute Gasteiger partial charge is 0.178 e. The summed E-state index contributed by atoms with van der Waals surface area (Å²) in [6.45, 7) is 5.20. The van der Waals surface area contributed by atoms with E-state index in [0.717, 1.165) is 39.9 Å². The van der Waals surface area contributed by atoms with E-state index in [-0.39, 0.29) is 5.78 Å². The van der Waals surface area contributed by atoms with E-state index in [1.54, 1.807) is 7.11 Å². The summed E-state index contributed by atoms with van der Waals surface area (Å²) in [4.78, 5) is 17.9. The number of ether oxygens (including phenoxy) is 1. The van der Waals surface area contributed by atoms with E-state index in [2.05, 4.69) is 17.1 Å². The number of hydrogen-bond donors (Lipinski definition) is 1. The second-order valence-electron chi connectivity index (χ2n) is 6.61. The van der Waals surface area contributed by atoms with E-state index >= 15 is 0 Å². The molecule has 130 valence electrons. The number of aromatic nitrogens is 1. The monoisotopic (exact) mass is 336 g/mol. The number of carbonyl (C=O) groups excluding carboxylic acids is 1. The van der Waals surface area contributed by atoms with Gasteiger partial charge in [-0.15, -0.1) is 0 Å². The van der Waals surface area contributed by atoms with Crippen LogP contribution in [-0.2, 0) is 6.54 Å². The van der Waals surface area contributed by atoms with Crippen LogP contribution in [0.5, 0.6) is 5.75 Å². The van der Waals surface area contributed by atoms with Crippen LogP contribution in [0.4, 0.5) is 0 Å². The number of hydrogen-bond acceptors (Lipinski definition) is 3. The molecule has 25 heavy (non-hydrogen) atoms. The largest absolute Gasteiger partial charge is 0.496 e. The number of H-pyrrole nitrogens is 1. The van der Waals surface area contributed by atoms with Crippen LogP contribution in [0.15, 0.2) is 42.6 Å². The van der Waals surface area contributed by atoms with Crippen molar-refractivity contribution in [3.05, 3.63) is 64.8 Å². The number of aromatic amines is 1. The van der Waals surface area contributed by atoms with Gasteiger partial charge < -0.3 is 9.72 Å². The molecule has 0 saturated heterocycles. The standard InChI is InChI=1S/C21H24N2O2/c1-14-9-16(10-15(2)21(14)25-4)12-23(3)13-20(24)18-11-22-19-8-6-5-7-17(18)19/h5-11,22H,12-13H2,1-4H3. The van der Waals surface area contributed by atoms with Crippen LogP contribution in [-0.4, -0.2) is 36.4 Å². The minimum Gasteiger partial charge on any atom is -0.496 e. The van der Waals surface area contributed by atoms with Gasteiger partial charge in [-0.3, -0.25) is 9.69 Å². The maximum atomic E-state index is 12.7. The van der Waals surface area contributed by atoms with Crippen LogP contribution in [0.25, 0.3) is 10.9 Å². The van der Waals surface area contributed by atoms with Crippen molar-refractivity contribution in [2.75, 3.05) is 20.7 Å². The quantitative estimate of drug-likeness (QED) is 0.689. The van der Waals surface area contributed by atoms with Gasteiger partial charge in [0, 0.05) is 29.2 Å². The molecule has 1 heterocycles. The van der Waals surface area contributed by atoms with Crippen molar-refractivity contribution < 1.29 is 9.53 Å². The number of methoxy groups -OCH3 is 1. The first-order valence-electron chi connectivity index (χ1n) is 8.41. The summed E-state index contributed by atoms with van der Waals surface area (Å²) in [7, 11) is 3.67. The van der Waals surface area contributed by atoms with Crippen molar-refractivity contribution in [3.63, 3.8) is 0 Å². The minimum absolute atomic E-state index is 0.127. The lowest BCUT2D eigenvalue weighted by Crippen LogP contribution is -2.25. The van der Waals surface area contributed by atoms with Gasteiger partial charge in [0.25, 0.3) is 0 Å². The van der Waals surface area contributed by atoms with Gasteiger partial charge in [0.05, 0.1) is 13.7 Å². The zero-order valence-electron chi connectivity index (χ0n) is 15.2. The Hall–Kier alpha value is -2.59. The van der Waals surface area contributed by atoms with E-state index < -0.39 is 0 Å². The van der Waals surface area contributed by atoms with Gasteiger partial charge in [-0.2, -0.15) is 0 Å². The molecule has 0 bridgehead atoms. The van der Waals surface area contributed by atoms with Crippen LogP contribution in [0.1, 0.15) is 27.0 Å². The molecule has 1 N–H and O–H groups in total. The summed E-state index contributed by atoms with van der Waals surface area (Å²) in [5, 5.41) is 0.983. The number of fused-ring (bicyclic) bond motifs is 1. The van der Waals surface area contributed by atoms with E-state index in [4.69, 9.17) is 4.74 Å². The Bertz CT molecular complexity index is 888. The predicted octanol–water partition coefficient (Wildman–Crippen LogP) is 4.11. The molecule has 0 radical (unpaired) electrons. The van der Waals surface area contributed by atoms with Gasteiger partial charge in [0.1, 0.15) is 5.75 Å². The molecule has 0 spiro atoms. The number of nitrogens with one attached hydrogen (secondary N) is 1. The number of benzene rings is 2. The van der Waals surface area contributed by atoms with Gasteiger partial charge in [-0.1, -0.05) is 30.3 Å². The molecule has 0 aliphatic heterocycles. The van der Waals surface area contributed by atoms with E-state index in [1.165, 1.54) is 5.56 Å². The Labute approximate surface area is 148 Å². The van der Waals surface area contributed by atoms with Crippen molar-refractivity contribution in [2.45, 2.75) is 20.4 Å². The van der Waals surface area contributed by atoms with Gasteiger partial charge in [-0.05, 0) is 43.7 Å². The van der Waals surface area contributed by atoms with Crippen molar-refractivity contribution in [3.8, 4) is 5.75 Å². The van der Waals surface area contributed by atoms with Crippen LogP contribution in [0.3, 0.4) is 0 Å². The second-order valence-corrected chi connectivity index (χ2v) is 6.61. The third kappa shape index (κ3) is 3.59. The van der Waals surface area contributed by atoms with Crippen molar-refractivity contribution in [1.82, 2.24) is 9.88 Å². The highest BCUT2D eigenvalue weighted by molar-refractivity contribution is 6.08. The molecular weight excluding hydrogens is 312 g/mol. The van der Waals surface area contributed by atoms with Crippen LogP contribution >= 0.6 is 0 Å². The number of nitrogens with zero attached hydrogens (tertiary/aromatic N) is 1. The Morgan fingerprint density at radius 2 is 1.84 bits per heavy atom. The molecule has 2 aromatic carbocycles. The third-order valence-corrected chi connectivity index (χ3v) is 4.48. The third-order valence-electron chi connectivity index (χ3n) is 4.48. The Balaban J connectivity index is 1.72. The lowest BCUT2D eigenvalue weighted by Gasteiger charge is -2.18. The number of Topliss-reactive ketones (excluding diaryl/α,β-unsaturated/α-hetero) is 1. The van der Waals surface area contributed by atoms with E-state index in [0.29, 0.717) is 6.54 Å². The number of carbonyl (C=O) groups is 1. The number of rotatable bonds is 6. The zero-order valence-corrected chi connectivity index (χ0v) is 15.2. The number of aryl methyl sites for hydroxylation is 2. The highest BCUT2D eigenvalue weighted by atomic mass is 16.5. The number of para-hydroxylation sites is 1. The lowest BCUT2D eigenvalue weighted by molar-refractivity contribution is 0.0944. The second kappa shape index (κ2) is 7.11. The molecule has 0 amide bonds. The lowest BCUT2D eigenvalue weighted by atomic mass is 10.0. The molecule has 1 aromatic heterocycles. The van der Waals surface area contributed by atoms with Crippen LogP contribution in [0.2, 0.25) is 0 Å². The van der Waals surface area contributed by atoms with Crippen molar-refractivity contribution in [2.24, 2.45) is 0 Å². The molecule has 0 saturated carbocycles. The molecule has 3 aromatic rings. The summed E-state index contributed by atoms with van der Waals surface area (Å²) in [6.07, 6.45) is 1.81. The molecule has 0 aliphatic carbocycles. The first kappa shape index (κ1) is 17.2. The van der Waals surface area contributed by atoms with E-state index in [9.17, 15) is 4.79 Å². The van der Waals surface area contributed by atoms with Crippen molar-refractivity contribution >= 4 is 16.7 Å². The minimum atomic E-state index is 0.127. The van der Waals surface area contributed by atoms with Crippen LogP contribution < -0.4 is 4.74 Å². The molecule has 4 nitrogen and oxygen atoms in total. The highest BCUT2D eigenvalue weighted by Gasteiger charge is 2.15. The Kier molecular flexibility index (Phi) is 4.91. The maximum absolute atomic E-state index is 12.7. The Morgan fingerprint density at radius 3 is 2.52 bits per heavy atom. The van der Waals surface area contributed by atoms with Gasteiger partial charge >= 0.3 is 0 Å². The Morgan fingerprint density at radius 1 is 1.16 bits per heavy atom. The molecule has 4 heteroatoms. The topological polar surface area (TPSA) is 45.3 Å². The first-order valence-corrected chi connectivity index (χ1v) is 8.41. The number of ketones is 1. The fourth-order valence-electron chi connectivity index (χ4n) is 3.45. The molecular formula is C21H24N2O2. The van der Waals surface area contributed by atoms with Gasteiger partial charge in [0.15, 0.2) is 5.78 Å². The zero-order chi connectivity index (χ0) is 18.0. The molecule has 0 fully saturated rings. The number of likely N-dealkylation sites (N-methyl/N-ethyl adjacent to an activating group) is 1. The first-order chi connectivity index (χ1) is 12.0. The molecule has 0 aliphatic rings. The molecule has 0 atom stereocenters. The average molecular weight is 336 g/mol. The molecule has 3 rings (SSSR count). The normalized spacial score (nSPS) is 11.2. The summed E-state index contributed by atoms with van der Waals surface area (Å²) >= 11 is 0. The van der Waals surface area contributed by atoms with E-state index in [1.807, 2.05) is 56.3 Å². The summed E-state index contributed by atoms with van der Waals surface area (Å²) in [5.41, 5.74) is 5.17. The van der Waals surface area contributed by atoms with Crippen molar-refractivity contribution in [1.29, 1.82) is 0 Å². The summed E-state index contributed by atoms with van der Waals surface area (Å²) < 4.78 is 5.42. The fourth-order valence-corrected chi connectivity index (χ4v) is 3.45. The maximum Gasteiger partial charge on any atom is 0.178 e. The SMILES string of the molecule is COc1c(C)cc(CN(C)CC(=O)c2c[nH]c3ccccc23)cc1C. The molecule has 0 unspecified atom stereocenters. The predicted molar refractivity (Wildman–Crippen MR) is 101 cm³/mol. The van der Waals surface area contributed by atoms with Gasteiger partial charge in [0.2, 0.25) is 0 Å².